The molecule has 0 unspecified atom stereocenters. The summed E-state index contributed by atoms with van der Waals surface area (Å²) in [5.41, 5.74) is 6.22. The summed E-state index contributed by atoms with van der Waals surface area (Å²) in [6.45, 7) is -0.469. The topological polar surface area (TPSA) is 53.7 Å². The fraction of sp³-hybridized carbons (Fsp3) is 0.400. The van der Waals surface area contributed by atoms with Crippen molar-refractivity contribution in [1.29, 1.82) is 0 Å². The Hall–Kier alpha value is -1.20. The van der Waals surface area contributed by atoms with Crippen molar-refractivity contribution in [3.8, 4) is 17.2 Å². The molecule has 0 amide bonds. The van der Waals surface area contributed by atoms with Crippen molar-refractivity contribution < 1.29 is 18.6 Å². The normalized spacial score (nSPS) is 14.2. The SMILES string of the molecule is COc1cc([C@@H](N)CF)cc2c1OCO2.Cl. The highest BCUT2D eigenvalue weighted by molar-refractivity contribution is 5.85. The minimum atomic E-state index is -0.659. The van der Waals surface area contributed by atoms with E-state index in [4.69, 9.17) is 19.9 Å². The van der Waals surface area contributed by atoms with E-state index in [1.165, 1.54) is 7.11 Å². The van der Waals surface area contributed by atoms with E-state index in [1.807, 2.05) is 0 Å². The molecule has 1 aliphatic heterocycles. The summed E-state index contributed by atoms with van der Waals surface area (Å²) in [7, 11) is 1.52. The smallest absolute Gasteiger partial charge is 0.231 e. The molecule has 1 aromatic rings. The van der Waals surface area contributed by atoms with E-state index in [0.29, 0.717) is 22.8 Å². The highest BCUT2D eigenvalue weighted by Crippen LogP contribution is 2.42. The van der Waals surface area contributed by atoms with Crippen LogP contribution >= 0.6 is 12.4 Å². The molecule has 0 saturated heterocycles. The van der Waals surface area contributed by atoms with Gasteiger partial charge < -0.3 is 19.9 Å². The first kappa shape index (κ1) is 12.9. The first-order valence-electron chi connectivity index (χ1n) is 4.55. The van der Waals surface area contributed by atoms with Crippen molar-refractivity contribution >= 4 is 12.4 Å². The molecule has 4 nitrogen and oxygen atoms in total. The van der Waals surface area contributed by atoms with Gasteiger partial charge in [0.2, 0.25) is 12.5 Å². The Morgan fingerprint density at radius 2 is 2.25 bits per heavy atom. The first-order chi connectivity index (χ1) is 7.26. The van der Waals surface area contributed by atoms with Crippen molar-refractivity contribution in [3.63, 3.8) is 0 Å². The summed E-state index contributed by atoms with van der Waals surface area (Å²) < 4.78 is 27.9. The molecule has 0 fully saturated rings. The number of hydrogen-bond donors (Lipinski definition) is 1. The fourth-order valence-electron chi connectivity index (χ4n) is 1.45. The third-order valence-electron chi connectivity index (χ3n) is 2.28. The maximum atomic E-state index is 12.4. The van der Waals surface area contributed by atoms with E-state index in [1.54, 1.807) is 12.1 Å². The summed E-state index contributed by atoms with van der Waals surface area (Å²) in [5, 5.41) is 0. The fourth-order valence-corrected chi connectivity index (χ4v) is 1.45. The van der Waals surface area contributed by atoms with E-state index < -0.39 is 12.7 Å². The van der Waals surface area contributed by atoms with Gasteiger partial charge in [0.25, 0.3) is 0 Å². The van der Waals surface area contributed by atoms with Crippen molar-refractivity contribution in [3.05, 3.63) is 17.7 Å². The molecule has 1 heterocycles. The van der Waals surface area contributed by atoms with Crippen LogP contribution in [0.25, 0.3) is 0 Å². The van der Waals surface area contributed by atoms with Gasteiger partial charge in [0.1, 0.15) is 6.67 Å². The van der Waals surface area contributed by atoms with Crippen LogP contribution in [0, 0.1) is 0 Å². The molecular formula is C10H13ClFNO3. The van der Waals surface area contributed by atoms with Crippen LogP contribution in [-0.4, -0.2) is 20.6 Å². The number of methoxy groups -OCH3 is 1. The summed E-state index contributed by atoms with van der Waals surface area (Å²) in [5.74, 6) is 1.62. The summed E-state index contributed by atoms with van der Waals surface area (Å²) in [6.07, 6.45) is 0. The van der Waals surface area contributed by atoms with Gasteiger partial charge in [-0.1, -0.05) is 0 Å². The van der Waals surface area contributed by atoms with Gasteiger partial charge in [0, 0.05) is 0 Å². The summed E-state index contributed by atoms with van der Waals surface area (Å²) in [6, 6.07) is 2.68. The predicted molar refractivity (Wildman–Crippen MR) is 59.3 cm³/mol. The lowest BCUT2D eigenvalue weighted by molar-refractivity contribution is 0.171. The lowest BCUT2D eigenvalue weighted by Crippen LogP contribution is -2.12. The molecule has 0 spiro atoms. The maximum Gasteiger partial charge on any atom is 0.231 e. The van der Waals surface area contributed by atoms with Crippen LogP contribution in [0.2, 0.25) is 0 Å². The molecule has 2 rings (SSSR count). The van der Waals surface area contributed by atoms with Gasteiger partial charge in [-0.3, -0.25) is 0 Å². The largest absolute Gasteiger partial charge is 0.493 e. The molecular weight excluding hydrogens is 237 g/mol. The molecule has 1 atom stereocenters. The van der Waals surface area contributed by atoms with Crippen LogP contribution < -0.4 is 19.9 Å². The molecule has 0 aromatic heterocycles. The lowest BCUT2D eigenvalue weighted by atomic mass is 10.1. The number of ether oxygens (including phenoxy) is 3. The molecule has 0 bridgehead atoms. The first-order valence-corrected chi connectivity index (χ1v) is 4.55. The number of halogens is 2. The van der Waals surface area contributed by atoms with Gasteiger partial charge in [-0.05, 0) is 17.7 Å². The van der Waals surface area contributed by atoms with E-state index >= 15 is 0 Å². The van der Waals surface area contributed by atoms with Crippen molar-refractivity contribution in [1.82, 2.24) is 0 Å². The van der Waals surface area contributed by atoms with Crippen LogP contribution in [0.5, 0.6) is 17.2 Å². The van der Waals surface area contributed by atoms with Crippen LogP contribution in [0.3, 0.4) is 0 Å². The summed E-state index contributed by atoms with van der Waals surface area (Å²) in [4.78, 5) is 0. The minimum Gasteiger partial charge on any atom is -0.493 e. The van der Waals surface area contributed by atoms with Gasteiger partial charge in [0.05, 0.1) is 13.2 Å². The Bertz CT molecular complexity index is 375. The van der Waals surface area contributed by atoms with E-state index in [2.05, 4.69) is 0 Å². The maximum absolute atomic E-state index is 12.4. The lowest BCUT2D eigenvalue weighted by Gasteiger charge is -2.11. The van der Waals surface area contributed by atoms with Gasteiger partial charge in [-0.25, -0.2) is 4.39 Å². The van der Waals surface area contributed by atoms with Crippen molar-refractivity contribution in [2.75, 3.05) is 20.6 Å². The van der Waals surface area contributed by atoms with Crippen LogP contribution in [0.4, 0.5) is 4.39 Å². The van der Waals surface area contributed by atoms with Crippen LogP contribution in [0.1, 0.15) is 11.6 Å². The van der Waals surface area contributed by atoms with E-state index in [0.717, 1.165) is 0 Å². The second-order valence-electron chi connectivity index (χ2n) is 3.22. The number of nitrogens with two attached hydrogens (primary N) is 1. The average molecular weight is 250 g/mol. The van der Waals surface area contributed by atoms with Crippen molar-refractivity contribution in [2.45, 2.75) is 6.04 Å². The molecule has 1 aliphatic rings. The molecule has 0 saturated carbocycles. The van der Waals surface area contributed by atoms with Gasteiger partial charge in [-0.2, -0.15) is 0 Å². The van der Waals surface area contributed by atoms with Crippen LogP contribution in [-0.2, 0) is 0 Å². The third kappa shape index (κ3) is 2.15. The number of rotatable bonds is 3. The van der Waals surface area contributed by atoms with Crippen LogP contribution in [0.15, 0.2) is 12.1 Å². The van der Waals surface area contributed by atoms with E-state index in [9.17, 15) is 4.39 Å². The second-order valence-corrected chi connectivity index (χ2v) is 3.22. The Kier molecular flexibility index (Phi) is 4.20. The van der Waals surface area contributed by atoms with Crippen molar-refractivity contribution in [2.24, 2.45) is 5.73 Å². The molecule has 6 heteroatoms. The number of benzene rings is 1. The Morgan fingerprint density at radius 3 is 2.88 bits per heavy atom. The van der Waals surface area contributed by atoms with E-state index in [-0.39, 0.29) is 19.2 Å². The molecule has 0 radical (unpaired) electrons. The Labute approximate surface area is 98.9 Å². The molecule has 0 aliphatic carbocycles. The monoisotopic (exact) mass is 249 g/mol. The average Bonchev–Trinajstić information content (AvgIpc) is 2.74. The highest BCUT2D eigenvalue weighted by Gasteiger charge is 2.21. The Morgan fingerprint density at radius 1 is 1.50 bits per heavy atom. The standard InChI is InChI=1S/C10H12FNO3.ClH/c1-13-8-2-6(7(12)4-11)3-9-10(8)15-5-14-9;/h2-3,7H,4-5,12H2,1H3;1H/t7-;/m0./s1. The predicted octanol–water partition coefficient (Wildman–Crippen LogP) is 1.81. The summed E-state index contributed by atoms with van der Waals surface area (Å²) >= 11 is 0. The molecule has 16 heavy (non-hydrogen) atoms. The quantitative estimate of drug-likeness (QED) is 0.888. The third-order valence-corrected chi connectivity index (χ3v) is 2.28. The molecule has 90 valence electrons. The van der Waals surface area contributed by atoms with Gasteiger partial charge in [-0.15, -0.1) is 12.4 Å². The number of alkyl halides is 1. The zero-order chi connectivity index (χ0) is 10.8. The molecule has 2 N–H and O–H groups in total. The number of hydrogen-bond acceptors (Lipinski definition) is 4. The Balaban J connectivity index is 0.00000128. The van der Waals surface area contributed by atoms with Gasteiger partial charge in [0.15, 0.2) is 11.5 Å². The highest BCUT2D eigenvalue weighted by atomic mass is 35.5. The number of fused-ring (bicyclic) bond motifs is 1. The zero-order valence-corrected chi connectivity index (χ0v) is 9.55. The second kappa shape index (κ2) is 5.23. The molecule has 1 aromatic carbocycles. The van der Waals surface area contributed by atoms with Gasteiger partial charge >= 0.3 is 0 Å². The zero-order valence-electron chi connectivity index (χ0n) is 8.73. The minimum absolute atomic E-state index is 0.